The van der Waals surface area contributed by atoms with Crippen LogP contribution in [0.5, 0.6) is 0 Å². The summed E-state index contributed by atoms with van der Waals surface area (Å²) in [7, 11) is 11.0. The molecule has 50 heavy (non-hydrogen) atoms. The van der Waals surface area contributed by atoms with Gasteiger partial charge in [0.05, 0.1) is 0 Å². The molecule has 0 aromatic heterocycles. The minimum atomic E-state index is -0.826. The van der Waals surface area contributed by atoms with Crippen LogP contribution in [-0.4, -0.2) is 9.52 Å². The monoisotopic (exact) mass is 782 g/mol. The number of hydrogen-bond donors (Lipinski definition) is 0. The second-order valence-corrected chi connectivity index (χ2v) is 17.4. The summed E-state index contributed by atoms with van der Waals surface area (Å²) in [6.07, 6.45) is 0. The van der Waals surface area contributed by atoms with E-state index in [0.717, 1.165) is 9.52 Å². The van der Waals surface area contributed by atoms with E-state index in [9.17, 15) is 0 Å². The molecule has 0 saturated heterocycles. The Morgan fingerprint density at radius 1 is 0.520 bits per heavy atom. The number of benzene rings is 6. The minimum absolute atomic E-state index is 0.563. The van der Waals surface area contributed by atoms with Crippen LogP contribution in [0.3, 0.4) is 0 Å². The molecule has 2 radical (unpaired) electrons. The maximum atomic E-state index is 4.93. The molecule has 0 heterocycles. The Balaban J connectivity index is 0.000000168. The number of rotatable bonds is 4. The fourth-order valence-electron chi connectivity index (χ4n) is 6.41. The molecular formula is C46H42Cl2SiZr. The normalized spacial score (nSPS) is 10.5. The van der Waals surface area contributed by atoms with Crippen LogP contribution >= 0.6 is 17.0 Å². The van der Waals surface area contributed by atoms with Gasteiger partial charge in [0, 0.05) is 9.52 Å². The number of aryl methyl sites for hydroxylation is 1. The van der Waals surface area contributed by atoms with Gasteiger partial charge < -0.3 is 0 Å². The molecule has 0 bridgehead atoms. The zero-order chi connectivity index (χ0) is 35.5. The molecule has 0 atom stereocenters. The van der Waals surface area contributed by atoms with Gasteiger partial charge in [-0.3, -0.25) is 0 Å². The van der Waals surface area contributed by atoms with Crippen molar-refractivity contribution in [3.05, 3.63) is 169 Å². The molecule has 0 amide bonds. The van der Waals surface area contributed by atoms with E-state index < -0.39 is 20.8 Å². The first-order valence-corrected chi connectivity index (χ1v) is 25.3. The summed E-state index contributed by atoms with van der Waals surface area (Å²) in [5, 5.41) is 7.98. The molecule has 4 heteroatoms. The molecule has 0 spiro atoms. The molecule has 0 aliphatic rings. The van der Waals surface area contributed by atoms with Crippen LogP contribution < -0.4 is 0 Å². The first kappa shape index (κ1) is 37.7. The predicted molar refractivity (Wildman–Crippen MR) is 221 cm³/mol. The second kappa shape index (κ2) is 18.6. The van der Waals surface area contributed by atoms with Crippen molar-refractivity contribution < 1.29 is 20.8 Å². The van der Waals surface area contributed by atoms with Crippen LogP contribution in [-0.2, 0) is 20.8 Å². The van der Waals surface area contributed by atoms with Crippen molar-refractivity contribution in [2.24, 2.45) is 0 Å². The Bertz CT molecular complexity index is 2240. The fourth-order valence-corrected chi connectivity index (χ4v) is 6.41. The van der Waals surface area contributed by atoms with E-state index in [1.807, 2.05) is 0 Å². The zero-order valence-electron chi connectivity index (χ0n) is 29.3. The van der Waals surface area contributed by atoms with Gasteiger partial charge in [-0.1, -0.05) is 166 Å². The molecule has 0 nitrogen and oxygen atoms in total. The van der Waals surface area contributed by atoms with Crippen molar-refractivity contribution in [1.29, 1.82) is 0 Å². The van der Waals surface area contributed by atoms with E-state index in [2.05, 4.69) is 192 Å². The van der Waals surface area contributed by atoms with Crippen molar-refractivity contribution in [1.82, 2.24) is 0 Å². The molecule has 0 N–H and O–H groups in total. The van der Waals surface area contributed by atoms with Gasteiger partial charge in [-0.05, 0) is 33.4 Å². The average molecular weight is 785 g/mol. The first-order chi connectivity index (χ1) is 24.4. The van der Waals surface area contributed by atoms with Gasteiger partial charge in [0.1, 0.15) is 0 Å². The summed E-state index contributed by atoms with van der Waals surface area (Å²) < 4.78 is 0. The topological polar surface area (TPSA) is 0 Å². The zero-order valence-corrected chi connectivity index (χ0v) is 34.3. The van der Waals surface area contributed by atoms with Crippen LogP contribution in [0, 0.1) is 6.92 Å². The molecule has 248 valence electrons. The third kappa shape index (κ3) is 9.22. The van der Waals surface area contributed by atoms with Gasteiger partial charge in [0.15, 0.2) is 0 Å². The Morgan fingerprint density at radius 3 is 1.72 bits per heavy atom. The van der Waals surface area contributed by atoms with Crippen molar-refractivity contribution in [3.8, 4) is 33.4 Å². The van der Waals surface area contributed by atoms with E-state index in [0.29, 0.717) is 5.92 Å². The summed E-state index contributed by atoms with van der Waals surface area (Å²) in [6.45, 7) is 11.0. The molecular weight excluding hydrogens is 743 g/mol. The van der Waals surface area contributed by atoms with Crippen LogP contribution in [0.1, 0.15) is 30.9 Å². The van der Waals surface area contributed by atoms with Crippen molar-refractivity contribution in [3.63, 3.8) is 0 Å². The molecule has 0 aliphatic carbocycles. The molecule has 8 rings (SSSR count). The third-order valence-corrected chi connectivity index (χ3v) is 8.68. The summed E-state index contributed by atoms with van der Waals surface area (Å²) in [5.41, 5.74) is 10.5. The van der Waals surface area contributed by atoms with E-state index in [-0.39, 0.29) is 0 Å². The second-order valence-electron chi connectivity index (χ2n) is 12.6. The van der Waals surface area contributed by atoms with Gasteiger partial charge in [-0.15, -0.1) is 63.0 Å². The van der Waals surface area contributed by atoms with E-state index >= 15 is 0 Å². The van der Waals surface area contributed by atoms with Crippen molar-refractivity contribution in [2.45, 2.75) is 39.8 Å². The number of fused-ring (bicyclic) bond motifs is 3. The van der Waals surface area contributed by atoms with Crippen molar-refractivity contribution in [2.75, 3.05) is 0 Å². The van der Waals surface area contributed by atoms with Crippen LogP contribution in [0.2, 0.25) is 13.1 Å². The Kier molecular flexibility index (Phi) is 14.1. The maximum absolute atomic E-state index is 4.93. The molecule has 0 fully saturated rings. The quantitative estimate of drug-likeness (QED) is 0.123. The van der Waals surface area contributed by atoms with E-state index in [1.54, 1.807) is 0 Å². The third-order valence-electron chi connectivity index (χ3n) is 8.68. The SMILES string of the molecule is CC(C)c1cc2c(-c3cccc4ccccc34)cccc2[cH-]1.C[Si]C.Cc1cc2c(-c3ccccc3)cc(-c3ccccc3)cc2[cH-]1.[Cl][Zr+2][Cl]. The van der Waals surface area contributed by atoms with Gasteiger partial charge in [0.25, 0.3) is 0 Å². The number of hydrogen-bond acceptors (Lipinski definition) is 0. The summed E-state index contributed by atoms with van der Waals surface area (Å²) in [4.78, 5) is 0. The van der Waals surface area contributed by atoms with Gasteiger partial charge >= 0.3 is 37.9 Å². The Labute approximate surface area is 319 Å². The van der Waals surface area contributed by atoms with Crippen LogP contribution in [0.25, 0.3) is 65.7 Å². The van der Waals surface area contributed by atoms with Gasteiger partial charge in [-0.2, -0.15) is 12.1 Å². The van der Waals surface area contributed by atoms with Crippen molar-refractivity contribution >= 4 is 58.9 Å². The summed E-state index contributed by atoms with van der Waals surface area (Å²) >= 11 is -0.826. The van der Waals surface area contributed by atoms with Gasteiger partial charge in [0.2, 0.25) is 0 Å². The first-order valence-electron chi connectivity index (χ1n) is 16.9. The molecule has 0 unspecified atom stereocenters. The average Bonchev–Trinajstić information content (AvgIpc) is 3.76. The Hall–Kier alpha value is -3.52. The van der Waals surface area contributed by atoms with E-state index in [1.165, 1.54) is 76.8 Å². The molecule has 0 saturated carbocycles. The molecule has 8 aromatic carbocycles. The predicted octanol–water partition coefficient (Wildman–Crippen LogP) is 14.9. The van der Waals surface area contributed by atoms with Gasteiger partial charge in [-0.25, -0.2) is 0 Å². The Morgan fingerprint density at radius 2 is 1.06 bits per heavy atom. The van der Waals surface area contributed by atoms with Crippen LogP contribution in [0.4, 0.5) is 0 Å². The number of halogens is 2. The summed E-state index contributed by atoms with van der Waals surface area (Å²) in [6, 6.07) is 56.9. The molecule has 8 aromatic rings. The standard InChI is InChI=1S/C22H19.C22H17.C2H6Si.2ClH.Zr/c1-15(2)18-13-17-9-6-12-21(22(17)14-18)20-11-5-8-16-7-3-4-10-19(16)20;1-16-12-20-14-19(17-8-4-2-5-9-17)15-22(21(20)13-16)18-10-6-3-7-11-18;1-3-2;;;/h3-15H,1-2H3;2-15H,1H3;1-2H3;2*1H;/q2*-1;;;;+4/p-2. The molecule has 0 aliphatic heterocycles. The van der Waals surface area contributed by atoms with E-state index in [4.69, 9.17) is 17.0 Å². The fraction of sp³-hybridized carbons (Fsp3) is 0.130. The summed E-state index contributed by atoms with van der Waals surface area (Å²) in [5.74, 6) is 0.563. The van der Waals surface area contributed by atoms with Crippen LogP contribution in [0.15, 0.2) is 158 Å².